The third-order valence-electron chi connectivity index (χ3n) is 3.41. The van der Waals surface area contributed by atoms with E-state index in [9.17, 15) is 4.79 Å². The van der Waals surface area contributed by atoms with Crippen LogP contribution in [0.2, 0.25) is 0 Å². The van der Waals surface area contributed by atoms with Gasteiger partial charge in [-0.3, -0.25) is 0 Å². The highest BCUT2D eigenvalue weighted by atomic mass is 35.5. The van der Waals surface area contributed by atoms with Crippen molar-refractivity contribution in [1.29, 1.82) is 0 Å². The van der Waals surface area contributed by atoms with Crippen molar-refractivity contribution in [3.05, 3.63) is 30.0 Å². The second-order valence-corrected chi connectivity index (χ2v) is 5.81. The van der Waals surface area contributed by atoms with Crippen LogP contribution in [0.5, 0.6) is 5.75 Å². The molecule has 0 aromatic heterocycles. The van der Waals surface area contributed by atoms with E-state index in [-0.39, 0.29) is 11.4 Å². The number of benzene rings is 1. The summed E-state index contributed by atoms with van der Waals surface area (Å²) in [5.41, 5.74) is 7.98. The zero-order valence-corrected chi connectivity index (χ0v) is 13.2. The van der Waals surface area contributed by atoms with Crippen LogP contribution in [-0.2, 0) is 4.74 Å². The molecular weight excluding hydrogens is 292 g/mol. The van der Waals surface area contributed by atoms with Crippen LogP contribution < -0.4 is 15.4 Å². The van der Waals surface area contributed by atoms with E-state index >= 15 is 0 Å². The maximum absolute atomic E-state index is 11.7. The molecule has 1 aromatic rings. The van der Waals surface area contributed by atoms with E-state index < -0.39 is 5.97 Å². The highest BCUT2D eigenvalue weighted by Gasteiger charge is 2.37. The average Bonchev–Trinajstić information content (AvgIpc) is 2.45. The van der Waals surface area contributed by atoms with Gasteiger partial charge in [-0.05, 0) is 26.0 Å². The van der Waals surface area contributed by atoms with Crippen molar-refractivity contribution in [1.82, 2.24) is 0 Å². The van der Waals surface area contributed by atoms with Crippen molar-refractivity contribution in [3.8, 4) is 5.75 Å². The SMILES string of the molecule is C=C(CCl)N1c2c(N)cc(C(=O)OC)cc2OCC1(C)C. The minimum absolute atomic E-state index is 0.279. The van der Waals surface area contributed by atoms with E-state index in [1.165, 1.54) is 7.11 Å². The van der Waals surface area contributed by atoms with Crippen LogP contribution >= 0.6 is 11.6 Å². The highest BCUT2D eigenvalue weighted by Crippen LogP contribution is 2.45. The van der Waals surface area contributed by atoms with Crippen LogP contribution in [0.25, 0.3) is 0 Å². The van der Waals surface area contributed by atoms with Gasteiger partial charge in [0.25, 0.3) is 0 Å². The maximum atomic E-state index is 11.7. The van der Waals surface area contributed by atoms with Crippen molar-refractivity contribution in [2.75, 3.05) is 30.2 Å². The minimum Gasteiger partial charge on any atom is -0.489 e. The maximum Gasteiger partial charge on any atom is 0.338 e. The first-order valence-corrected chi connectivity index (χ1v) is 7.04. The molecule has 1 heterocycles. The minimum atomic E-state index is -0.458. The summed E-state index contributed by atoms with van der Waals surface area (Å²) in [6, 6.07) is 3.20. The summed E-state index contributed by atoms with van der Waals surface area (Å²) in [7, 11) is 1.32. The molecule has 2 rings (SSSR count). The highest BCUT2D eigenvalue weighted by molar-refractivity contribution is 6.19. The zero-order valence-electron chi connectivity index (χ0n) is 12.4. The lowest BCUT2D eigenvalue weighted by Gasteiger charge is -2.45. The number of nitrogen functional groups attached to an aromatic ring is 1. The molecule has 0 radical (unpaired) electrons. The Balaban J connectivity index is 2.59. The second kappa shape index (κ2) is 5.48. The number of methoxy groups -OCH3 is 1. The quantitative estimate of drug-likeness (QED) is 0.528. The van der Waals surface area contributed by atoms with Gasteiger partial charge >= 0.3 is 5.97 Å². The first kappa shape index (κ1) is 15.5. The number of esters is 1. The molecule has 0 amide bonds. The van der Waals surface area contributed by atoms with E-state index in [4.69, 9.17) is 26.8 Å². The van der Waals surface area contributed by atoms with Gasteiger partial charge in [0.15, 0.2) is 0 Å². The summed E-state index contributed by atoms with van der Waals surface area (Å²) in [5.74, 6) is 0.350. The summed E-state index contributed by atoms with van der Waals surface area (Å²) in [5, 5.41) is 0. The number of nitrogens with zero attached hydrogens (tertiary/aromatic N) is 1. The Morgan fingerprint density at radius 3 is 2.81 bits per heavy atom. The van der Waals surface area contributed by atoms with Crippen molar-refractivity contribution < 1.29 is 14.3 Å². The average molecular weight is 311 g/mol. The molecule has 6 heteroatoms. The molecule has 21 heavy (non-hydrogen) atoms. The smallest absolute Gasteiger partial charge is 0.338 e. The van der Waals surface area contributed by atoms with E-state index in [1.807, 2.05) is 18.7 Å². The van der Waals surface area contributed by atoms with Gasteiger partial charge in [0, 0.05) is 5.70 Å². The van der Waals surface area contributed by atoms with Gasteiger partial charge < -0.3 is 20.1 Å². The molecule has 0 atom stereocenters. The Morgan fingerprint density at radius 2 is 2.24 bits per heavy atom. The summed E-state index contributed by atoms with van der Waals surface area (Å²) >= 11 is 5.94. The lowest BCUT2D eigenvalue weighted by molar-refractivity contribution is 0.0600. The molecule has 0 aliphatic carbocycles. The Morgan fingerprint density at radius 1 is 1.57 bits per heavy atom. The van der Waals surface area contributed by atoms with Gasteiger partial charge in [0.2, 0.25) is 0 Å². The van der Waals surface area contributed by atoms with E-state index in [0.29, 0.717) is 29.3 Å². The lowest BCUT2D eigenvalue weighted by Crippen LogP contribution is -2.51. The number of fused-ring (bicyclic) bond motifs is 1. The Bertz CT molecular complexity index is 599. The third-order valence-corrected chi connectivity index (χ3v) is 3.71. The predicted molar refractivity (Wildman–Crippen MR) is 84.1 cm³/mol. The van der Waals surface area contributed by atoms with Crippen LogP contribution in [-0.4, -0.2) is 31.1 Å². The fourth-order valence-corrected chi connectivity index (χ4v) is 2.60. The number of allylic oxidation sites excluding steroid dienone is 1. The monoisotopic (exact) mass is 310 g/mol. The first-order valence-electron chi connectivity index (χ1n) is 6.50. The topological polar surface area (TPSA) is 64.8 Å². The number of carbonyl (C=O) groups excluding carboxylic acids is 1. The lowest BCUT2D eigenvalue weighted by atomic mass is 9.98. The van der Waals surface area contributed by atoms with Crippen molar-refractivity contribution in [2.24, 2.45) is 0 Å². The van der Waals surface area contributed by atoms with Gasteiger partial charge in [0.1, 0.15) is 18.0 Å². The number of rotatable bonds is 3. The number of carbonyl (C=O) groups is 1. The van der Waals surface area contributed by atoms with Crippen molar-refractivity contribution in [3.63, 3.8) is 0 Å². The van der Waals surface area contributed by atoms with Gasteiger partial charge in [-0.2, -0.15) is 0 Å². The molecule has 114 valence electrons. The van der Waals surface area contributed by atoms with Crippen molar-refractivity contribution >= 4 is 28.9 Å². The van der Waals surface area contributed by atoms with Crippen LogP contribution in [0, 0.1) is 0 Å². The number of hydrogen-bond acceptors (Lipinski definition) is 5. The number of anilines is 2. The molecule has 0 saturated heterocycles. The predicted octanol–water partition coefficient (Wildman–Crippen LogP) is 2.79. The van der Waals surface area contributed by atoms with Crippen LogP contribution in [0.15, 0.2) is 24.4 Å². The summed E-state index contributed by atoms with van der Waals surface area (Å²) in [4.78, 5) is 13.6. The Labute approximate surface area is 129 Å². The molecule has 0 spiro atoms. The second-order valence-electron chi connectivity index (χ2n) is 5.54. The normalized spacial score (nSPS) is 15.9. The summed E-state index contributed by atoms with van der Waals surface area (Å²) < 4.78 is 10.5. The standard InChI is InChI=1S/C15H19ClN2O3/c1-9(7-16)18-13-11(17)5-10(14(19)20-4)6-12(13)21-8-15(18,2)3/h5-6H,1,7-8,17H2,2-4H3. The van der Waals surface area contributed by atoms with E-state index in [0.717, 1.165) is 5.70 Å². The number of ether oxygens (including phenoxy) is 2. The number of nitrogens with two attached hydrogens (primary N) is 1. The fourth-order valence-electron chi connectivity index (χ4n) is 2.48. The Hall–Kier alpha value is -1.88. The molecule has 0 unspecified atom stereocenters. The van der Waals surface area contributed by atoms with Gasteiger partial charge in [-0.25, -0.2) is 4.79 Å². The molecule has 2 N–H and O–H groups in total. The number of hydrogen-bond donors (Lipinski definition) is 1. The largest absolute Gasteiger partial charge is 0.489 e. The van der Waals surface area contributed by atoms with Crippen LogP contribution in [0.1, 0.15) is 24.2 Å². The molecule has 1 aliphatic rings. The molecule has 0 saturated carbocycles. The Kier molecular flexibility index (Phi) is 4.05. The molecular formula is C15H19ClN2O3. The summed E-state index contributed by atoms with van der Waals surface area (Å²) in [6.45, 7) is 8.46. The first-order chi connectivity index (χ1) is 9.81. The van der Waals surface area contributed by atoms with E-state index in [1.54, 1.807) is 12.1 Å². The van der Waals surface area contributed by atoms with Crippen LogP contribution in [0.3, 0.4) is 0 Å². The van der Waals surface area contributed by atoms with Crippen molar-refractivity contribution in [2.45, 2.75) is 19.4 Å². The number of halogens is 1. The van der Waals surface area contributed by atoms with Gasteiger partial charge in [-0.15, -0.1) is 11.6 Å². The van der Waals surface area contributed by atoms with E-state index in [2.05, 4.69) is 6.58 Å². The molecule has 0 bridgehead atoms. The molecule has 0 fully saturated rings. The fraction of sp³-hybridized carbons (Fsp3) is 0.400. The number of alkyl halides is 1. The summed E-state index contributed by atoms with van der Waals surface area (Å²) in [6.07, 6.45) is 0. The van der Waals surface area contributed by atoms with Crippen LogP contribution in [0.4, 0.5) is 11.4 Å². The van der Waals surface area contributed by atoms with Gasteiger partial charge in [-0.1, -0.05) is 6.58 Å². The third kappa shape index (κ3) is 2.65. The van der Waals surface area contributed by atoms with Gasteiger partial charge in [0.05, 0.1) is 29.8 Å². The zero-order chi connectivity index (χ0) is 15.8. The molecule has 1 aromatic carbocycles. The molecule has 5 nitrogen and oxygen atoms in total. The molecule has 1 aliphatic heterocycles.